The molecule has 1 aromatic heterocycles. The zero-order valence-electron chi connectivity index (χ0n) is 15.7. The van der Waals surface area contributed by atoms with Crippen molar-refractivity contribution >= 4 is 11.7 Å². The first-order valence-corrected chi connectivity index (χ1v) is 9.41. The van der Waals surface area contributed by atoms with Crippen molar-refractivity contribution in [3.63, 3.8) is 0 Å². The number of hydrogen-bond donors (Lipinski definition) is 1. The highest BCUT2D eigenvalue weighted by atomic mass is 16.2. The predicted octanol–water partition coefficient (Wildman–Crippen LogP) is 3.63. The van der Waals surface area contributed by atoms with Crippen LogP contribution in [0, 0.1) is 0 Å². The summed E-state index contributed by atoms with van der Waals surface area (Å²) in [6.07, 6.45) is 5.06. The van der Waals surface area contributed by atoms with E-state index in [1.165, 1.54) is 24.1 Å². The summed E-state index contributed by atoms with van der Waals surface area (Å²) in [5, 5.41) is 3.03. The van der Waals surface area contributed by atoms with Gasteiger partial charge >= 0.3 is 6.03 Å². The molecule has 5 heteroatoms. The van der Waals surface area contributed by atoms with E-state index in [0.29, 0.717) is 6.54 Å². The summed E-state index contributed by atoms with van der Waals surface area (Å²) in [6, 6.07) is 14.3. The van der Waals surface area contributed by atoms with Gasteiger partial charge in [-0.2, -0.15) is 0 Å². The standard InChI is InChI=1S/C21H28N4O/c1-17(19-11-5-6-13-22-19)24(2)21(26)23-14-8-16-25-15-7-10-18-9-3-4-12-20(18)25/h3-6,9,11-13,17H,7-8,10,14-16H2,1-2H3,(H,23,26)/t17-/m0/s1. The molecule has 1 N–H and O–H groups in total. The van der Waals surface area contributed by atoms with E-state index in [4.69, 9.17) is 0 Å². The maximum Gasteiger partial charge on any atom is 0.317 e. The van der Waals surface area contributed by atoms with Gasteiger partial charge in [0.25, 0.3) is 0 Å². The number of nitrogens with zero attached hydrogens (tertiary/aromatic N) is 3. The molecule has 0 unspecified atom stereocenters. The Morgan fingerprint density at radius 1 is 1.27 bits per heavy atom. The minimum atomic E-state index is -0.0535. The van der Waals surface area contributed by atoms with E-state index in [0.717, 1.165) is 25.2 Å². The second-order valence-electron chi connectivity index (χ2n) is 6.85. The number of anilines is 1. The number of rotatable bonds is 6. The van der Waals surface area contributed by atoms with Crippen molar-refractivity contribution in [3.8, 4) is 0 Å². The number of fused-ring (bicyclic) bond motifs is 1. The Morgan fingerprint density at radius 3 is 2.88 bits per heavy atom. The molecule has 0 bridgehead atoms. The van der Waals surface area contributed by atoms with E-state index in [9.17, 15) is 4.79 Å². The van der Waals surface area contributed by atoms with Gasteiger partial charge < -0.3 is 15.1 Å². The Kier molecular flexibility index (Phi) is 6.10. The second-order valence-corrected chi connectivity index (χ2v) is 6.85. The van der Waals surface area contributed by atoms with Gasteiger partial charge in [0, 0.05) is 38.6 Å². The molecule has 2 amide bonds. The fraction of sp³-hybridized carbons (Fsp3) is 0.429. The first kappa shape index (κ1) is 18.2. The first-order valence-electron chi connectivity index (χ1n) is 9.41. The number of hydrogen-bond acceptors (Lipinski definition) is 3. The van der Waals surface area contributed by atoms with Crippen LogP contribution in [0.25, 0.3) is 0 Å². The van der Waals surface area contributed by atoms with Crippen LogP contribution in [0.4, 0.5) is 10.5 Å². The van der Waals surface area contributed by atoms with Crippen molar-refractivity contribution in [1.82, 2.24) is 15.2 Å². The second kappa shape index (κ2) is 8.70. The third-order valence-corrected chi connectivity index (χ3v) is 5.10. The monoisotopic (exact) mass is 352 g/mol. The van der Waals surface area contributed by atoms with Crippen molar-refractivity contribution < 1.29 is 4.79 Å². The Labute approximate surface area is 156 Å². The number of carbonyl (C=O) groups is 1. The number of nitrogens with one attached hydrogen (secondary N) is 1. The Bertz CT molecular complexity index is 719. The minimum Gasteiger partial charge on any atom is -0.371 e. The van der Waals surface area contributed by atoms with E-state index in [2.05, 4.69) is 39.5 Å². The van der Waals surface area contributed by atoms with Crippen LogP contribution in [0.5, 0.6) is 0 Å². The largest absolute Gasteiger partial charge is 0.371 e. The number of aryl methyl sites for hydroxylation is 1. The molecule has 0 spiro atoms. The molecule has 138 valence electrons. The molecule has 26 heavy (non-hydrogen) atoms. The SMILES string of the molecule is C[C@@H](c1ccccn1)N(C)C(=O)NCCCN1CCCc2ccccc21. The minimum absolute atomic E-state index is 0.0508. The van der Waals surface area contributed by atoms with Gasteiger partial charge in [-0.15, -0.1) is 0 Å². The third kappa shape index (κ3) is 4.34. The lowest BCUT2D eigenvalue weighted by atomic mass is 10.0. The van der Waals surface area contributed by atoms with E-state index in [1.54, 1.807) is 11.1 Å². The number of aromatic nitrogens is 1. The number of urea groups is 1. The normalized spacial score (nSPS) is 14.5. The maximum atomic E-state index is 12.4. The van der Waals surface area contributed by atoms with Crippen LogP contribution in [0.15, 0.2) is 48.7 Å². The Balaban J connectivity index is 1.44. The average Bonchev–Trinajstić information content (AvgIpc) is 2.70. The number of amides is 2. The van der Waals surface area contributed by atoms with Gasteiger partial charge in [0.15, 0.2) is 0 Å². The number of carbonyl (C=O) groups excluding carboxylic acids is 1. The van der Waals surface area contributed by atoms with Crippen molar-refractivity contribution in [1.29, 1.82) is 0 Å². The smallest absolute Gasteiger partial charge is 0.317 e. The van der Waals surface area contributed by atoms with E-state index in [1.807, 2.05) is 32.2 Å². The predicted molar refractivity (Wildman–Crippen MR) is 105 cm³/mol. The van der Waals surface area contributed by atoms with E-state index < -0.39 is 0 Å². The van der Waals surface area contributed by atoms with Crippen LogP contribution in [0.2, 0.25) is 0 Å². The van der Waals surface area contributed by atoms with Crippen LogP contribution < -0.4 is 10.2 Å². The highest BCUT2D eigenvalue weighted by Gasteiger charge is 2.18. The lowest BCUT2D eigenvalue weighted by molar-refractivity contribution is 0.193. The molecule has 0 saturated heterocycles. The highest BCUT2D eigenvalue weighted by Crippen LogP contribution is 2.26. The molecular weight excluding hydrogens is 324 g/mol. The van der Waals surface area contributed by atoms with E-state index >= 15 is 0 Å². The van der Waals surface area contributed by atoms with Crippen molar-refractivity contribution in [2.24, 2.45) is 0 Å². The summed E-state index contributed by atoms with van der Waals surface area (Å²) >= 11 is 0. The van der Waals surface area contributed by atoms with Gasteiger partial charge in [-0.05, 0) is 49.9 Å². The summed E-state index contributed by atoms with van der Waals surface area (Å²) in [5.74, 6) is 0. The summed E-state index contributed by atoms with van der Waals surface area (Å²) in [5.41, 5.74) is 3.69. The molecule has 5 nitrogen and oxygen atoms in total. The van der Waals surface area contributed by atoms with E-state index in [-0.39, 0.29) is 12.1 Å². The highest BCUT2D eigenvalue weighted by molar-refractivity contribution is 5.74. The molecule has 3 rings (SSSR count). The third-order valence-electron chi connectivity index (χ3n) is 5.10. The van der Waals surface area contributed by atoms with Crippen molar-refractivity contribution in [2.45, 2.75) is 32.2 Å². The van der Waals surface area contributed by atoms with Crippen molar-refractivity contribution in [3.05, 3.63) is 59.9 Å². The molecule has 0 radical (unpaired) electrons. The van der Waals surface area contributed by atoms with Crippen LogP contribution in [0.3, 0.4) is 0 Å². The van der Waals surface area contributed by atoms with Gasteiger partial charge in [0.1, 0.15) is 0 Å². The summed E-state index contributed by atoms with van der Waals surface area (Å²) in [4.78, 5) is 20.9. The van der Waals surface area contributed by atoms with Gasteiger partial charge in [-0.25, -0.2) is 4.79 Å². The molecular formula is C21H28N4O. The topological polar surface area (TPSA) is 48.5 Å². The Hall–Kier alpha value is -2.56. The maximum absolute atomic E-state index is 12.4. The average molecular weight is 352 g/mol. The molecule has 1 aliphatic rings. The lowest BCUT2D eigenvalue weighted by Crippen LogP contribution is -2.40. The number of pyridine rings is 1. The quantitative estimate of drug-likeness (QED) is 0.808. The molecule has 2 heterocycles. The van der Waals surface area contributed by atoms with Gasteiger partial charge in [-0.3, -0.25) is 4.98 Å². The molecule has 1 atom stereocenters. The first-order chi connectivity index (χ1) is 12.7. The van der Waals surface area contributed by atoms with Crippen molar-refractivity contribution in [2.75, 3.05) is 31.6 Å². The Morgan fingerprint density at radius 2 is 2.08 bits per heavy atom. The number of para-hydroxylation sites is 1. The molecule has 0 aliphatic carbocycles. The summed E-state index contributed by atoms with van der Waals surface area (Å²) in [7, 11) is 1.82. The molecule has 0 fully saturated rings. The van der Waals surface area contributed by atoms with Crippen LogP contribution in [-0.4, -0.2) is 42.6 Å². The zero-order chi connectivity index (χ0) is 18.4. The van der Waals surface area contributed by atoms with Gasteiger partial charge in [0.05, 0.1) is 11.7 Å². The number of benzene rings is 1. The van der Waals surface area contributed by atoms with Crippen LogP contribution >= 0.6 is 0 Å². The lowest BCUT2D eigenvalue weighted by Gasteiger charge is -2.31. The molecule has 2 aromatic rings. The molecule has 0 saturated carbocycles. The van der Waals surface area contributed by atoms with Gasteiger partial charge in [0.2, 0.25) is 0 Å². The van der Waals surface area contributed by atoms with Crippen LogP contribution in [0.1, 0.15) is 37.1 Å². The summed E-state index contributed by atoms with van der Waals surface area (Å²) < 4.78 is 0. The fourth-order valence-electron chi connectivity index (χ4n) is 3.43. The summed E-state index contributed by atoms with van der Waals surface area (Å²) in [6.45, 7) is 4.74. The van der Waals surface area contributed by atoms with Gasteiger partial charge in [-0.1, -0.05) is 24.3 Å². The molecule has 1 aliphatic heterocycles. The zero-order valence-corrected chi connectivity index (χ0v) is 15.7. The molecule has 1 aromatic carbocycles. The van der Waals surface area contributed by atoms with Crippen LogP contribution in [-0.2, 0) is 6.42 Å². The fourth-order valence-corrected chi connectivity index (χ4v) is 3.43.